The Balaban J connectivity index is 0.00000145. The normalized spacial score (nSPS) is 13.8. The highest BCUT2D eigenvalue weighted by molar-refractivity contribution is 5.72. The lowest BCUT2D eigenvalue weighted by molar-refractivity contribution is 0.158. The summed E-state index contributed by atoms with van der Waals surface area (Å²) in [5, 5.41) is 22.4. The summed E-state index contributed by atoms with van der Waals surface area (Å²) in [6.45, 7) is 5.68. The number of anilines is 3. The zero-order valence-corrected chi connectivity index (χ0v) is 17.7. The highest BCUT2D eigenvalue weighted by Crippen LogP contribution is 2.35. The fourth-order valence-corrected chi connectivity index (χ4v) is 3.41. The van der Waals surface area contributed by atoms with Crippen molar-refractivity contribution in [3.05, 3.63) is 63.3 Å². The highest BCUT2D eigenvalue weighted by Gasteiger charge is 2.25. The van der Waals surface area contributed by atoms with Crippen LogP contribution >= 0.6 is 0 Å². The van der Waals surface area contributed by atoms with Gasteiger partial charge in [-0.15, -0.1) is 0 Å². The molecule has 1 aliphatic rings. The van der Waals surface area contributed by atoms with Crippen LogP contribution in [0.4, 0.5) is 21.6 Å². The summed E-state index contributed by atoms with van der Waals surface area (Å²) in [6.07, 6.45) is 1.62. The van der Waals surface area contributed by atoms with Gasteiger partial charge in [-0.25, -0.2) is 4.39 Å². The molecule has 158 valence electrons. The van der Waals surface area contributed by atoms with Gasteiger partial charge in [0.2, 0.25) is 0 Å². The number of rotatable bonds is 5. The fourth-order valence-electron chi connectivity index (χ4n) is 3.41. The summed E-state index contributed by atoms with van der Waals surface area (Å²) < 4.78 is 15.8. The van der Waals surface area contributed by atoms with E-state index in [4.69, 9.17) is 5.11 Å². The van der Waals surface area contributed by atoms with Gasteiger partial charge in [-0.05, 0) is 30.2 Å². The van der Waals surface area contributed by atoms with Gasteiger partial charge in [0.1, 0.15) is 11.6 Å². The Labute approximate surface area is 170 Å². The van der Waals surface area contributed by atoms with Gasteiger partial charge in [-0.1, -0.05) is 19.9 Å². The van der Waals surface area contributed by atoms with E-state index in [0.29, 0.717) is 17.9 Å². The minimum Gasteiger partial charge on any atom is -0.396 e. The van der Waals surface area contributed by atoms with Crippen molar-refractivity contribution in [2.45, 2.75) is 39.7 Å². The van der Waals surface area contributed by atoms with Crippen molar-refractivity contribution >= 4 is 17.2 Å². The van der Waals surface area contributed by atoms with Crippen LogP contribution < -0.4 is 15.8 Å². The quantitative estimate of drug-likeness (QED) is 0.715. The zero-order valence-electron chi connectivity index (χ0n) is 17.7. The monoisotopic (exact) mass is 403 g/mol. The third-order valence-electron chi connectivity index (χ3n) is 4.81. The van der Waals surface area contributed by atoms with E-state index >= 15 is 0 Å². The standard InChI is InChI=1S/C20H24FN3O3.C2H6/c1-12-4-5-16(15(21)8-12)22-17-10-19(27)24(3)20-14(17)9-13(11-23(20)2)18(26)6-7-25;1-2/h4-5,8,10-11,18,22,25-26H,6-7,9H2,1-3H3;1-2H3. The summed E-state index contributed by atoms with van der Waals surface area (Å²) >= 11 is 0. The molecule has 3 N–H and O–H groups in total. The van der Waals surface area contributed by atoms with Crippen LogP contribution in [0, 0.1) is 12.7 Å². The molecule has 6 nitrogen and oxygen atoms in total. The highest BCUT2D eigenvalue weighted by atomic mass is 19.1. The zero-order chi connectivity index (χ0) is 21.7. The molecule has 0 fully saturated rings. The number of benzene rings is 1. The van der Waals surface area contributed by atoms with Gasteiger partial charge >= 0.3 is 0 Å². The van der Waals surface area contributed by atoms with Crippen molar-refractivity contribution < 1.29 is 14.6 Å². The van der Waals surface area contributed by atoms with Gasteiger partial charge in [0.15, 0.2) is 0 Å². The number of pyridine rings is 1. The molecule has 0 saturated heterocycles. The number of nitrogens with one attached hydrogen (secondary N) is 1. The minimum atomic E-state index is -0.785. The molecule has 7 heteroatoms. The molecule has 0 saturated carbocycles. The van der Waals surface area contributed by atoms with Crippen molar-refractivity contribution in [3.63, 3.8) is 0 Å². The van der Waals surface area contributed by atoms with Gasteiger partial charge in [-0.2, -0.15) is 0 Å². The van der Waals surface area contributed by atoms with E-state index < -0.39 is 11.9 Å². The van der Waals surface area contributed by atoms with Crippen molar-refractivity contribution in [1.29, 1.82) is 0 Å². The average molecular weight is 403 g/mol. The Morgan fingerprint density at radius 3 is 2.52 bits per heavy atom. The first-order valence-electron chi connectivity index (χ1n) is 9.80. The average Bonchev–Trinajstić information content (AvgIpc) is 2.69. The van der Waals surface area contributed by atoms with Crippen molar-refractivity contribution in [3.8, 4) is 0 Å². The Morgan fingerprint density at radius 2 is 1.90 bits per heavy atom. The molecule has 0 amide bonds. The number of fused-ring (bicyclic) bond motifs is 1. The molecule has 1 aromatic heterocycles. The number of aliphatic hydroxyl groups is 2. The predicted molar refractivity (Wildman–Crippen MR) is 115 cm³/mol. The first-order chi connectivity index (χ1) is 13.8. The lowest BCUT2D eigenvalue weighted by atomic mass is 9.95. The van der Waals surface area contributed by atoms with E-state index in [-0.39, 0.29) is 24.3 Å². The molecule has 0 spiro atoms. The molecule has 0 aliphatic carbocycles. The number of aliphatic hydroxyl groups excluding tert-OH is 2. The van der Waals surface area contributed by atoms with Gasteiger partial charge in [0.05, 0.1) is 17.5 Å². The molecule has 1 atom stereocenters. The van der Waals surface area contributed by atoms with Gasteiger partial charge < -0.3 is 20.4 Å². The van der Waals surface area contributed by atoms with Gasteiger partial charge in [0.25, 0.3) is 5.56 Å². The van der Waals surface area contributed by atoms with Gasteiger partial charge in [-0.3, -0.25) is 9.36 Å². The Morgan fingerprint density at radius 1 is 1.21 bits per heavy atom. The Kier molecular flexibility index (Phi) is 7.59. The number of nitrogens with zero attached hydrogens (tertiary/aromatic N) is 2. The van der Waals surface area contributed by atoms with Crippen molar-refractivity contribution in [2.24, 2.45) is 7.05 Å². The smallest absolute Gasteiger partial charge is 0.253 e. The topological polar surface area (TPSA) is 77.7 Å². The van der Waals surface area contributed by atoms with E-state index in [9.17, 15) is 14.3 Å². The summed E-state index contributed by atoms with van der Waals surface area (Å²) in [7, 11) is 3.47. The van der Waals surface area contributed by atoms with E-state index in [2.05, 4.69) is 5.32 Å². The number of aromatic nitrogens is 1. The van der Waals surface area contributed by atoms with Crippen LogP contribution in [0.15, 0.2) is 40.8 Å². The van der Waals surface area contributed by atoms with Crippen molar-refractivity contribution in [2.75, 3.05) is 23.9 Å². The number of aryl methyl sites for hydroxylation is 1. The maximum Gasteiger partial charge on any atom is 0.253 e. The fraction of sp³-hybridized carbons (Fsp3) is 0.409. The first-order valence-corrected chi connectivity index (χ1v) is 9.80. The molecule has 1 aromatic carbocycles. The lowest BCUT2D eigenvalue weighted by Gasteiger charge is -2.31. The van der Waals surface area contributed by atoms with Crippen LogP contribution in [0.1, 0.15) is 31.4 Å². The molecule has 0 bridgehead atoms. The summed E-state index contributed by atoms with van der Waals surface area (Å²) in [4.78, 5) is 14.2. The van der Waals surface area contributed by atoms with Crippen LogP contribution in [-0.2, 0) is 13.5 Å². The molecule has 29 heavy (non-hydrogen) atoms. The van der Waals surface area contributed by atoms with E-state index in [1.54, 1.807) is 37.3 Å². The van der Waals surface area contributed by atoms with E-state index in [0.717, 1.165) is 16.7 Å². The Bertz CT molecular complexity index is 953. The van der Waals surface area contributed by atoms with Crippen LogP contribution in [0.5, 0.6) is 0 Å². The summed E-state index contributed by atoms with van der Waals surface area (Å²) in [5.74, 6) is 0.280. The second-order valence-corrected chi connectivity index (χ2v) is 6.89. The van der Waals surface area contributed by atoms with Crippen LogP contribution in [0.3, 0.4) is 0 Å². The number of hydrogen-bond donors (Lipinski definition) is 3. The molecule has 0 radical (unpaired) electrons. The van der Waals surface area contributed by atoms with E-state index in [1.807, 2.05) is 20.8 Å². The summed E-state index contributed by atoms with van der Waals surface area (Å²) in [5.41, 5.74) is 2.89. The molecular formula is C22H30FN3O3. The Hall–Kier alpha value is -2.64. The lowest BCUT2D eigenvalue weighted by Crippen LogP contribution is -2.31. The molecule has 2 aromatic rings. The third kappa shape index (κ3) is 4.86. The molecule has 2 heterocycles. The predicted octanol–water partition coefficient (Wildman–Crippen LogP) is 3.22. The second-order valence-electron chi connectivity index (χ2n) is 6.89. The van der Waals surface area contributed by atoms with E-state index in [1.165, 1.54) is 16.7 Å². The SMILES string of the molecule is CC.Cc1ccc(Nc2cc(=O)n(C)c3c2CC(C(O)CCO)=CN3C)c(F)c1. The second kappa shape index (κ2) is 9.71. The maximum absolute atomic E-state index is 14.3. The van der Waals surface area contributed by atoms with Crippen LogP contribution in [-0.4, -0.2) is 34.5 Å². The van der Waals surface area contributed by atoms with Gasteiger partial charge in [0, 0.05) is 51.4 Å². The van der Waals surface area contributed by atoms with Crippen LogP contribution in [0.2, 0.25) is 0 Å². The summed E-state index contributed by atoms with van der Waals surface area (Å²) in [6, 6.07) is 6.30. The van der Waals surface area contributed by atoms with Crippen LogP contribution in [0.25, 0.3) is 0 Å². The minimum absolute atomic E-state index is 0.123. The maximum atomic E-state index is 14.3. The first kappa shape index (κ1) is 22.6. The largest absolute Gasteiger partial charge is 0.396 e. The molecule has 1 unspecified atom stereocenters. The number of hydrogen-bond acceptors (Lipinski definition) is 5. The number of halogens is 1. The molecular weight excluding hydrogens is 373 g/mol. The van der Waals surface area contributed by atoms with Crippen molar-refractivity contribution in [1.82, 2.24) is 4.57 Å². The third-order valence-corrected chi connectivity index (χ3v) is 4.81. The molecule has 1 aliphatic heterocycles. The molecule has 3 rings (SSSR count).